The molecule has 6 heteroatoms. The van der Waals surface area contributed by atoms with Gasteiger partial charge < -0.3 is 0 Å². The standard InChI is InChI=1S/C25H22N4OS/c1-17-8-6-9-19(14-17)22-15-23(29(26-22)18(2)30)21-16-28(20-10-4-3-5-11-20)27-25(21)24-12-7-13-31-24/h3-14,16,23H,15H2,1-2H3/t23-/m0/s1. The Morgan fingerprint density at radius 3 is 2.61 bits per heavy atom. The van der Waals surface area contributed by atoms with Gasteiger partial charge in [0.25, 0.3) is 0 Å². The maximum Gasteiger partial charge on any atom is 0.240 e. The molecule has 0 spiro atoms. The molecule has 1 aliphatic heterocycles. The summed E-state index contributed by atoms with van der Waals surface area (Å²) < 4.78 is 1.90. The van der Waals surface area contributed by atoms with Crippen molar-refractivity contribution in [3.05, 3.63) is 95.0 Å². The van der Waals surface area contributed by atoms with Crippen molar-refractivity contribution in [2.75, 3.05) is 0 Å². The Bertz CT molecular complexity index is 1260. The Hall–Kier alpha value is -3.51. The van der Waals surface area contributed by atoms with Crippen LogP contribution < -0.4 is 0 Å². The number of aryl methyl sites for hydroxylation is 1. The monoisotopic (exact) mass is 426 g/mol. The van der Waals surface area contributed by atoms with Crippen LogP contribution >= 0.6 is 11.3 Å². The molecule has 154 valence electrons. The first kappa shape index (κ1) is 19.5. The van der Waals surface area contributed by atoms with Gasteiger partial charge in [-0.05, 0) is 36.1 Å². The highest BCUT2D eigenvalue weighted by atomic mass is 32.1. The summed E-state index contributed by atoms with van der Waals surface area (Å²) in [7, 11) is 0. The molecule has 5 nitrogen and oxygen atoms in total. The zero-order valence-corrected chi connectivity index (χ0v) is 18.2. The predicted octanol–water partition coefficient (Wildman–Crippen LogP) is 5.61. The largest absolute Gasteiger partial charge is 0.273 e. The molecule has 3 heterocycles. The fourth-order valence-electron chi connectivity index (χ4n) is 3.99. The Balaban J connectivity index is 1.60. The zero-order valence-electron chi connectivity index (χ0n) is 17.4. The van der Waals surface area contributed by atoms with Crippen molar-refractivity contribution in [2.24, 2.45) is 5.10 Å². The van der Waals surface area contributed by atoms with Crippen molar-refractivity contribution in [3.8, 4) is 16.3 Å². The summed E-state index contributed by atoms with van der Waals surface area (Å²) in [4.78, 5) is 13.6. The van der Waals surface area contributed by atoms with Gasteiger partial charge in [-0.3, -0.25) is 4.79 Å². The third kappa shape index (κ3) is 3.70. The van der Waals surface area contributed by atoms with Crippen LogP contribution in [0, 0.1) is 6.92 Å². The minimum atomic E-state index is -0.192. The van der Waals surface area contributed by atoms with Crippen molar-refractivity contribution in [1.82, 2.24) is 14.8 Å². The van der Waals surface area contributed by atoms with Crippen LogP contribution in [0.2, 0.25) is 0 Å². The van der Waals surface area contributed by atoms with Crippen molar-refractivity contribution in [2.45, 2.75) is 26.3 Å². The van der Waals surface area contributed by atoms with Crippen LogP contribution in [0.1, 0.15) is 36.1 Å². The lowest BCUT2D eigenvalue weighted by molar-refractivity contribution is -0.130. The van der Waals surface area contributed by atoms with Crippen LogP contribution in [0.3, 0.4) is 0 Å². The summed E-state index contributed by atoms with van der Waals surface area (Å²) in [5, 5.41) is 13.3. The third-order valence-corrected chi connectivity index (χ3v) is 6.34. The smallest absolute Gasteiger partial charge is 0.240 e. The Kier molecular flexibility index (Phi) is 5.00. The Labute approximate surface area is 185 Å². The first-order valence-electron chi connectivity index (χ1n) is 10.2. The summed E-state index contributed by atoms with van der Waals surface area (Å²) >= 11 is 1.65. The number of aromatic nitrogens is 2. The summed E-state index contributed by atoms with van der Waals surface area (Å²) in [6, 6.07) is 22.2. The van der Waals surface area contributed by atoms with Gasteiger partial charge in [0, 0.05) is 25.1 Å². The van der Waals surface area contributed by atoms with Crippen molar-refractivity contribution in [1.29, 1.82) is 0 Å². The molecule has 1 aliphatic rings. The number of benzene rings is 2. The highest BCUT2D eigenvalue weighted by Gasteiger charge is 2.35. The molecular formula is C25H22N4OS. The lowest BCUT2D eigenvalue weighted by atomic mass is 9.97. The third-order valence-electron chi connectivity index (χ3n) is 5.46. The van der Waals surface area contributed by atoms with E-state index in [1.54, 1.807) is 23.3 Å². The maximum atomic E-state index is 12.5. The number of carbonyl (C=O) groups is 1. The highest BCUT2D eigenvalue weighted by Crippen LogP contribution is 2.39. The van der Waals surface area contributed by atoms with Crippen molar-refractivity contribution in [3.63, 3.8) is 0 Å². The minimum Gasteiger partial charge on any atom is -0.273 e. The summed E-state index contributed by atoms with van der Waals surface area (Å²) in [6.45, 7) is 3.64. The second-order valence-electron chi connectivity index (χ2n) is 7.69. The van der Waals surface area contributed by atoms with Gasteiger partial charge in [0.2, 0.25) is 5.91 Å². The van der Waals surface area contributed by atoms with Crippen molar-refractivity contribution >= 4 is 23.0 Å². The van der Waals surface area contributed by atoms with E-state index in [1.807, 2.05) is 58.7 Å². The van der Waals surface area contributed by atoms with Gasteiger partial charge in [-0.2, -0.15) is 10.2 Å². The molecule has 0 fully saturated rings. The van der Waals surface area contributed by atoms with E-state index >= 15 is 0 Å². The van der Waals surface area contributed by atoms with Gasteiger partial charge in [-0.25, -0.2) is 9.69 Å². The summed E-state index contributed by atoms with van der Waals surface area (Å²) in [5.74, 6) is -0.0720. The Morgan fingerprint density at radius 1 is 1.06 bits per heavy atom. The van der Waals surface area contributed by atoms with E-state index in [0.717, 1.165) is 33.1 Å². The first-order chi connectivity index (χ1) is 15.1. The minimum absolute atomic E-state index is 0.0720. The van der Waals surface area contributed by atoms with E-state index in [4.69, 9.17) is 10.2 Å². The number of rotatable bonds is 4. The zero-order chi connectivity index (χ0) is 21.4. The number of amides is 1. The van der Waals surface area contributed by atoms with Gasteiger partial charge in [-0.1, -0.05) is 54.1 Å². The van der Waals surface area contributed by atoms with E-state index in [1.165, 1.54) is 5.56 Å². The first-order valence-corrected chi connectivity index (χ1v) is 11.1. The van der Waals surface area contributed by atoms with E-state index in [2.05, 4.69) is 31.2 Å². The molecular weight excluding hydrogens is 404 g/mol. The number of nitrogens with zero attached hydrogens (tertiary/aromatic N) is 4. The van der Waals surface area contributed by atoms with Crippen LogP contribution in [-0.2, 0) is 4.79 Å². The molecule has 0 bridgehead atoms. The molecule has 0 aliphatic carbocycles. The molecule has 0 radical (unpaired) electrons. The fraction of sp³-hybridized carbons (Fsp3) is 0.160. The predicted molar refractivity (Wildman–Crippen MR) is 124 cm³/mol. The highest BCUT2D eigenvalue weighted by molar-refractivity contribution is 7.13. The number of thiophene rings is 1. The molecule has 2 aromatic heterocycles. The second kappa shape index (κ2) is 7.96. The van der Waals surface area contributed by atoms with Crippen LogP contribution in [0.5, 0.6) is 0 Å². The van der Waals surface area contributed by atoms with Gasteiger partial charge in [-0.15, -0.1) is 11.3 Å². The number of hydrogen-bond donors (Lipinski definition) is 0. The molecule has 0 N–H and O–H groups in total. The SMILES string of the molecule is CC(=O)N1N=C(c2cccc(C)c2)C[C@H]1c1cn(-c2ccccc2)nc1-c1cccs1. The van der Waals surface area contributed by atoms with Crippen LogP contribution in [0.4, 0.5) is 0 Å². The molecule has 2 aromatic carbocycles. The van der Waals surface area contributed by atoms with Crippen LogP contribution in [0.25, 0.3) is 16.3 Å². The van der Waals surface area contributed by atoms with Gasteiger partial charge >= 0.3 is 0 Å². The maximum absolute atomic E-state index is 12.5. The lowest BCUT2D eigenvalue weighted by Crippen LogP contribution is -2.24. The van der Waals surface area contributed by atoms with Crippen LogP contribution in [-0.4, -0.2) is 26.4 Å². The number of para-hydroxylation sites is 1. The molecule has 4 aromatic rings. The summed E-state index contributed by atoms with van der Waals surface area (Å²) in [6.07, 6.45) is 2.70. The second-order valence-corrected chi connectivity index (χ2v) is 8.64. The molecule has 31 heavy (non-hydrogen) atoms. The fourth-order valence-corrected chi connectivity index (χ4v) is 4.72. The Morgan fingerprint density at radius 2 is 1.90 bits per heavy atom. The van der Waals surface area contributed by atoms with E-state index in [-0.39, 0.29) is 11.9 Å². The van der Waals surface area contributed by atoms with Gasteiger partial charge in [0.1, 0.15) is 5.69 Å². The van der Waals surface area contributed by atoms with Gasteiger partial charge in [0.15, 0.2) is 0 Å². The molecule has 1 amide bonds. The molecule has 0 saturated carbocycles. The quantitative estimate of drug-likeness (QED) is 0.426. The van der Waals surface area contributed by atoms with E-state index in [0.29, 0.717) is 6.42 Å². The molecule has 0 saturated heterocycles. The normalized spacial score (nSPS) is 15.9. The van der Waals surface area contributed by atoms with Gasteiger partial charge in [0.05, 0.1) is 22.3 Å². The average molecular weight is 427 g/mol. The van der Waals surface area contributed by atoms with Crippen LogP contribution in [0.15, 0.2) is 83.4 Å². The molecule has 5 rings (SSSR count). The number of hydrogen-bond acceptors (Lipinski definition) is 4. The topological polar surface area (TPSA) is 50.5 Å². The molecule has 0 unspecified atom stereocenters. The average Bonchev–Trinajstić information content (AvgIpc) is 3.52. The molecule has 1 atom stereocenters. The van der Waals surface area contributed by atoms with Crippen molar-refractivity contribution < 1.29 is 4.79 Å². The lowest BCUT2D eigenvalue weighted by Gasteiger charge is -2.19. The van der Waals surface area contributed by atoms with E-state index < -0.39 is 0 Å². The number of carbonyl (C=O) groups excluding carboxylic acids is 1. The summed E-state index contributed by atoms with van der Waals surface area (Å²) in [5.41, 5.74) is 6.05. The van der Waals surface area contributed by atoms with E-state index in [9.17, 15) is 4.79 Å². The number of hydrazone groups is 1.